The van der Waals surface area contributed by atoms with Gasteiger partial charge in [0.2, 0.25) is 0 Å². The number of hydrogen-bond donors (Lipinski definition) is 7. The Hall–Kier alpha value is -2.08. The summed E-state index contributed by atoms with van der Waals surface area (Å²) in [4.78, 5) is 21.2. The molecule has 10 heteroatoms. The summed E-state index contributed by atoms with van der Waals surface area (Å²) in [5.74, 6) is -2.22. The number of unbranched alkanes of at least 4 members (excludes halogenated alkanes) is 3. The maximum Gasteiger partial charge on any atom is 0.335 e. The number of carboxylic acids is 2. The van der Waals surface area contributed by atoms with E-state index in [2.05, 4.69) is 12.3 Å². The van der Waals surface area contributed by atoms with Crippen LogP contribution in [0.3, 0.4) is 0 Å². The Morgan fingerprint density at radius 2 is 1.21 bits per heavy atom. The van der Waals surface area contributed by atoms with Gasteiger partial charge in [-0.15, -0.1) is 0 Å². The maximum absolute atomic E-state index is 10.6. The Kier molecular flexibility index (Phi) is 28.2. The summed E-state index contributed by atoms with van der Waals surface area (Å²) in [6.45, 7) is 7.79. The molecule has 0 saturated heterocycles. The lowest BCUT2D eigenvalue weighted by Crippen LogP contribution is -2.30. The van der Waals surface area contributed by atoms with Gasteiger partial charge in [-0.25, -0.2) is 9.59 Å². The van der Waals surface area contributed by atoms with Crippen LogP contribution in [-0.4, -0.2) is 74.0 Å². The van der Waals surface area contributed by atoms with Gasteiger partial charge in [0.25, 0.3) is 0 Å². The van der Waals surface area contributed by atoms with Crippen LogP contribution in [0.4, 0.5) is 0 Å². The van der Waals surface area contributed by atoms with Crippen molar-refractivity contribution >= 4 is 11.9 Å². The van der Waals surface area contributed by atoms with Crippen LogP contribution in [0.15, 0.2) is 18.2 Å². The normalized spacial score (nSPS) is 9.61. The van der Waals surface area contributed by atoms with E-state index in [4.69, 9.17) is 33.1 Å². The topological polar surface area (TPSA) is 194 Å². The van der Waals surface area contributed by atoms with Crippen molar-refractivity contribution in [3.63, 3.8) is 0 Å². The second-order valence-electron chi connectivity index (χ2n) is 7.31. The number of carbonyl (C=O) groups is 2. The first-order valence-electron chi connectivity index (χ1n) is 11.4. The molecule has 1 aromatic rings. The highest BCUT2D eigenvalue weighted by Gasteiger charge is 2.13. The van der Waals surface area contributed by atoms with Crippen molar-refractivity contribution in [3.05, 3.63) is 34.9 Å². The van der Waals surface area contributed by atoms with Crippen molar-refractivity contribution in [2.24, 2.45) is 22.9 Å². The van der Waals surface area contributed by atoms with E-state index in [0.29, 0.717) is 0 Å². The van der Waals surface area contributed by atoms with Gasteiger partial charge in [-0.2, -0.15) is 0 Å². The number of aromatic carboxylic acids is 2. The predicted molar refractivity (Wildman–Crippen MR) is 136 cm³/mol. The Balaban J connectivity index is -0.000000391. The Morgan fingerprint density at radius 3 is 1.42 bits per heavy atom. The van der Waals surface area contributed by atoms with E-state index < -0.39 is 11.9 Å². The minimum Gasteiger partial charge on any atom is -0.478 e. The van der Waals surface area contributed by atoms with Gasteiger partial charge >= 0.3 is 11.9 Å². The molecule has 33 heavy (non-hydrogen) atoms. The number of nitrogens with one attached hydrogen (secondary N) is 1. The van der Waals surface area contributed by atoms with E-state index in [0.717, 1.165) is 52.0 Å². The van der Waals surface area contributed by atoms with Crippen LogP contribution in [0.2, 0.25) is 0 Å². The van der Waals surface area contributed by atoms with Crippen LogP contribution in [0.1, 0.15) is 71.7 Å². The van der Waals surface area contributed by atoms with Crippen molar-refractivity contribution in [3.8, 4) is 0 Å². The molecule has 1 rings (SSSR count). The van der Waals surface area contributed by atoms with Gasteiger partial charge in [-0.1, -0.05) is 25.8 Å². The highest BCUT2D eigenvalue weighted by molar-refractivity contribution is 5.96. The Morgan fingerprint density at radius 1 is 0.818 bits per heavy atom. The third kappa shape index (κ3) is 24.4. The number of benzene rings is 1. The van der Waals surface area contributed by atoms with Crippen LogP contribution in [0.25, 0.3) is 0 Å². The quantitative estimate of drug-likeness (QED) is 0.173. The number of carboxylic acid groups (broad SMARTS) is 2. The average molecular weight is 473 g/mol. The van der Waals surface area contributed by atoms with Gasteiger partial charge in [-0.3, -0.25) is 10.4 Å². The van der Waals surface area contributed by atoms with Gasteiger partial charge in [0.1, 0.15) is 0 Å². The van der Waals surface area contributed by atoms with Crippen molar-refractivity contribution in [2.75, 3.05) is 46.8 Å². The molecule has 0 amide bonds. The molecule has 194 valence electrons. The lowest BCUT2D eigenvalue weighted by molar-refractivity contribution is 0.0696. The zero-order chi connectivity index (χ0) is 26.1. The van der Waals surface area contributed by atoms with Crippen LogP contribution in [-0.2, 0) is 0 Å². The molecule has 0 atom stereocenters. The van der Waals surface area contributed by atoms with E-state index in [1.165, 1.54) is 44.4 Å². The first-order valence-corrected chi connectivity index (χ1v) is 11.4. The number of rotatable bonds is 12. The standard InChI is InChI=1S/C9H8O4.C6H16N2.C5H14N2.C3H10N2/c1-5-6(8(10)11)3-2-4-7(5)9(12)13;7-5-3-1-2-4-6-8;1-4-5-6-7(2)3;4-2-1-3-5/h2-4H,1H3,(H,10,11)(H,12,13);1-8H2;6H,4-5H2,1-3H3;1-5H2. The van der Waals surface area contributed by atoms with Gasteiger partial charge < -0.3 is 33.1 Å². The second kappa shape index (κ2) is 26.2. The third-order valence-corrected chi connectivity index (χ3v) is 4.04. The van der Waals surface area contributed by atoms with Crippen molar-refractivity contribution in [1.82, 2.24) is 10.4 Å². The van der Waals surface area contributed by atoms with Gasteiger partial charge in [-0.05, 0) is 76.5 Å². The predicted octanol–water partition coefficient (Wildman–Crippen LogP) is 1.61. The van der Waals surface area contributed by atoms with Crippen LogP contribution >= 0.6 is 0 Å². The first-order chi connectivity index (χ1) is 15.6. The number of hydrogen-bond acceptors (Lipinski definition) is 8. The minimum atomic E-state index is -1.11. The molecule has 0 aliphatic rings. The van der Waals surface area contributed by atoms with E-state index in [1.54, 1.807) is 0 Å². The highest BCUT2D eigenvalue weighted by Crippen LogP contribution is 2.13. The van der Waals surface area contributed by atoms with Crippen molar-refractivity contribution < 1.29 is 19.8 Å². The molecular weight excluding hydrogens is 424 g/mol. The lowest BCUT2D eigenvalue weighted by Gasteiger charge is -2.08. The fourth-order valence-electron chi connectivity index (χ4n) is 2.19. The van der Waals surface area contributed by atoms with E-state index in [1.807, 2.05) is 19.1 Å². The monoisotopic (exact) mass is 472 g/mol. The smallest absolute Gasteiger partial charge is 0.335 e. The highest BCUT2D eigenvalue weighted by atomic mass is 16.4. The summed E-state index contributed by atoms with van der Waals surface area (Å²) in [7, 11) is 3.99. The second-order valence-corrected chi connectivity index (χ2v) is 7.31. The number of hydrazine groups is 1. The summed E-state index contributed by atoms with van der Waals surface area (Å²) in [6.07, 6.45) is 6.93. The Labute approximate surface area is 199 Å². The molecule has 0 heterocycles. The zero-order valence-corrected chi connectivity index (χ0v) is 21.0. The van der Waals surface area contributed by atoms with Crippen LogP contribution in [0, 0.1) is 6.92 Å². The SMILES string of the molecule is CCCNN(C)C.Cc1c(C(=O)O)cccc1C(=O)O.NCCCCCCN.NCCCN. The molecule has 0 saturated carbocycles. The van der Waals surface area contributed by atoms with Gasteiger partial charge in [0, 0.05) is 20.6 Å². The number of nitrogens with zero attached hydrogens (tertiary/aromatic N) is 1. The van der Waals surface area contributed by atoms with Crippen molar-refractivity contribution in [1.29, 1.82) is 0 Å². The van der Waals surface area contributed by atoms with Gasteiger partial charge in [0.15, 0.2) is 0 Å². The van der Waals surface area contributed by atoms with E-state index in [9.17, 15) is 9.59 Å². The zero-order valence-electron chi connectivity index (χ0n) is 21.0. The molecule has 1 aromatic carbocycles. The van der Waals surface area contributed by atoms with Crippen LogP contribution in [0.5, 0.6) is 0 Å². The summed E-state index contributed by atoms with van der Waals surface area (Å²) >= 11 is 0. The molecule has 10 nitrogen and oxygen atoms in total. The molecule has 0 aliphatic carbocycles. The summed E-state index contributed by atoms with van der Waals surface area (Å²) in [5, 5.41) is 19.3. The maximum atomic E-state index is 10.6. The molecule has 0 aromatic heterocycles. The molecule has 0 radical (unpaired) electrons. The van der Waals surface area contributed by atoms with Crippen molar-refractivity contribution in [2.45, 2.75) is 52.4 Å². The summed E-state index contributed by atoms with van der Waals surface area (Å²) < 4.78 is 0. The largest absolute Gasteiger partial charge is 0.478 e. The molecular formula is C23H48N6O4. The minimum absolute atomic E-state index is 0.0277. The summed E-state index contributed by atoms with van der Waals surface area (Å²) in [6, 6.07) is 4.17. The molecule has 0 spiro atoms. The molecule has 0 fully saturated rings. The average Bonchev–Trinajstić information content (AvgIpc) is 2.77. The fraction of sp³-hybridized carbons (Fsp3) is 0.652. The Bertz CT molecular complexity index is 560. The number of nitrogens with two attached hydrogens (primary N) is 4. The third-order valence-electron chi connectivity index (χ3n) is 4.04. The summed E-state index contributed by atoms with van der Waals surface area (Å²) in [5.41, 5.74) is 24.1. The lowest BCUT2D eigenvalue weighted by atomic mass is 10.0. The fourth-order valence-corrected chi connectivity index (χ4v) is 2.19. The van der Waals surface area contributed by atoms with E-state index in [-0.39, 0.29) is 16.7 Å². The van der Waals surface area contributed by atoms with Gasteiger partial charge in [0.05, 0.1) is 11.1 Å². The molecule has 0 bridgehead atoms. The van der Waals surface area contributed by atoms with Crippen LogP contribution < -0.4 is 28.4 Å². The van der Waals surface area contributed by atoms with E-state index >= 15 is 0 Å². The molecule has 0 unspecified atom stereocenters. The molecule has 0 aliphatic heterocycles. The molecule has 11 N–H and O–H groups in total. The first kappa shape index (κ1) is 35.5.